The first-order valence-electron chi connectivity index (χ1n) is 7.55. The molecule has 0 aromatic carbocycles. The van der Waals surface area contributed by atoms with Crippen LogP contribution in [0.15, 0.2) is 12.1 Å². The van der Waals surface area contributed by atoms with E-state index >= 15 is 0 Å². The molecule has 4 nitrogen and oxygen atoms in total. The van der Waals surface area contributed by atoms with E-state index in [0.29, 0.717) is 12.5 Å². The third-order valence-corrected chi connectivity index (χ3v) is 3.39. The van der Waals surface area contributed by atoms with E-state index < -0.39 is 0 Å². The molecule has 1 aromatic heterocycles. The van der Waals surface area contributed by atoms with Crippen molar-refractivity contribution in [3.05, 3.63) is 23.4 Å². The van der Waals surface area contributed by atoms with Gasteiger partial charge in [-0.2, -0.15) is 0 Å². The second kappa shape index (κ2) is 7.60. The number of ether oxygens (including phenoxy) is 2. The molecule has 1 aromatic rings. The Labute approximate surface area is 121 Å². The number of hydrogen-bond donors (Lipinski definition) is 1. The minimum Gasteiger partial charge on any atom is -0.478 e. The minimum absolute atomic E-state index is 0.414. The molecular weight excluding hydrogens is 252 g/mol. The average Bonchev–Trinajstić information content (AvgIpc) is 3.25. The first-order chi connectivity index (χ1) is 9.69. The van der Waals surface area contributed by atoms with Gasteiger partial charge in [0.2, 0.25) is 5.88 Å². The van der Waals surface area contributed by atoms with E-state index in [0.717, 1.165) is 37.2 Å². The molecule has 0 amide bonds. The minimum atomic E-state index is 0.414. The quantitative estimate of drug-likeness (QED) is 0.705. The van der Waals surface area contributed by atoms with Crippen LogP contribution in [-0.4, -0.2) is 31.3 Å². The van der Waals surface area contributed by atoms with Crippen LogP contribution in [0.2, 0.25) is 0 Å². The largest absolute Gasteiger partial charge is 0.478 e. The molecule has 0 spiro atoms. The molecule has 1 heterocycles. The van der Waals surface area contributed by atoms with E-state index in [4.69, 9.17) is 9.47 Å². The van der Waals surface area contributed by atoms with Crippen LogP contribution in [0.3, 0.4) is 0 Å². The fourth-order valence-corrected chi connectivity index (χ4v) is 1.98. The van der Waals surface area contributed by atoms with Crippen LogP contribution in [0.5, 0.6) is 5.88 Å². The maximum atomic E-state index is 5.74. The highest BCUT2D eigenvalue weighted by molar-refractivity contribution is 5.26. The summed E-state index contributed by atoms with van der Waals surface area (Å²) in [4.78, 5) is 4.58. The maximum absolute atomic E-state index is 5.74. The van der Waals surface area contributed by atoms with Crippen LogP contribution in [0.4, 0.5) is 0 Å². The number of pyridine rings is 1. The van der Waals surface area contributed by atoms with Crippen molar-refractivity contribution in [3.8, 4) is 5.88 Å². The Kier molecular flexibility index (Phi) is 5.80. The Morgan fingerprint density at radius 2 is 2.10 bits per heavy atom. The molecule has 1 fully saturated rings. The maximum Gasteiger partial charge on any atom is 0.213 e. The fourth-order valence-electron chi connectivity index (χ4n) is 1.98. The van der Waals surface area contributed by atoms with Gasteiger partial charge in [0.15, 0.2) is 0 Å². The molecule has 4 heteroatoms. The van der Waals surface area contributed by atoms with E-state index in [1.165, 1.54) is 18.4 Å². The summed E-state index contributed by atoms with van der Waals surface area (Å²) >= 11 is 0. The number of nitrogens with zero attached hydrogens (tertiary/aromatic N) is 1. The first kappa shape index (κ1) is 15.3. The Balaban J connectivity index is 1.96. The molecule has 1 N–H and O–H groups in total. The lowest BCUT2D eigenvalue weighted by molar-refractivity contribution is 0.170. The predicted molar refractivity (Wildman–Crippen MR) is 80.2 cm³/mol. The summed E-state index contributed by atoms with van der Waals surface area (Å²) in [7, 11) is 1.71. The number of methoxy groups -OCH3 is 1. The van der Waals surface area contributed by atoms with Gasteiger partial charge in [0.1, 0.15) is 0 Å². The number of rotatable bonds is 9. The van der Waals surface area contributed by atoms with Crippen molar-refractivity contribution in [2.45, 2.75) is 51.6 Å². The van der Waals surface area contributed by atoms with E-state index in [1.54, 1.807) is 7.11 Å². The standard InChI is InChI=1S/C16H26N2O2/c1-12(2)15-9-13(11-17-14-5-6-14)10-16(18-15)20-8-4-7-19-3/h9-10,12,14,17H,4-8,11H2,1-3H3. The second-order valence-electron chi connectivity index (χ2n) is 5.74. The molecule has 0 saturated heterocycles. The summed E-state index contributed by atoms with van der Waals surface area (Å²) < 4.78 is 10.8. The van der Waals surface area contributed by atoms with Crippen LogP contribution in [0.1, 0.15) is 50.3 Å². The number of nitrogens with one attached hydrogen (secondary N) is 1. The van der Waals surface area contributed by atoms with Crippen molar-refractivity contribution in [2.24, 2.45) is 0 Å². The van der Waals surface area contributed by atoms with Crippen LogP contribution in [0.25, 0.3) is 0 Å². The molecule has 112 valence electrons. The zero-order valence-corrected chi connectivity index (χ0v) is 12.8. The fraction of sp³-hybridized carbons (Fsp3) is 0.688. The zero-order valence-electron chi connectivity index (χ0n) is 12.8. The molecule has 1 aliphatic carbocycles. The van der Waals surface area contributed by atoms with E-state index in [9.17, 15) is 0 Å². The van der Waals surface area contributed by atoms with Crippen LogP contribution < -0.4 is 10.1 Å². The second-order valence-corrected chi connectivity index (χ2v) is 5.74. The Morgan fingerprint density at radius 3 is 2.75 bits per heavy atom. The van der Waals surface area contributed by atoms with Gasteiger partial charge < -0.3 is 14.8 Å². The number of hydrogen-bond acceptors (Lipinski definition) is 4. The normalized spacial score (nSPS) is 14.8. The van der Waals surface area contributed by atoms with Gasteiger partial charge in [0, 0.05) is 44.5 Å². The summed E-state index contributed by atoms with van der Waals surface area (Å²) in [5.41, 5.74) is 2.36. The summed E-state index contributed by atoms with van der Waals surface area (Å²) in [6, 6.07) is 4.95. The summed E-state index contributed by atoms with van der Waals surface area (Å²) in [6.07, 6.45) is 3.50. The molecule has 0 unspecified atom stereocenters. The van der Waals surface area contributed by atoms with Crippen LogP contribution in [0, 0.1) is 0 Å². The monoisotopic (exact) mass is 278 g/mol. The van der Waals surface area contributed by atoms with Crippen molar-refractivity contribution in [2.75, 3.05) is 20.3 Å². The van der Waals surface area contributed by atoms with Gasteiger partial charge in [-0.05, 0) is 30.4 Å². The molecule has 0 bridgehead atoms. The lowest BCUT2D eigenvalue weighted by Crippen LogP contribution is -2.16. The third-order valence-electron chi connectivity index (χ3n) is 3.39. The summed E-state index contributed by atoms with van der Waals surface area (Å²) in [6.45, 7) is 6.60. The first-order valence-corrected chi connectivity index (χ1v) is 7.55. The Bertz CT molecular complexity index is 417. The lowest BCUT2D eigenvalue weighted by Gasteiger charge is -2.12. The van der Waals surface area contributed by atoms with Crippen molar-refractivity contribution >= 4 is 0 Å². The highest BCUT2D eigenvalue weighted by atomic mass is 16.5. The topological polar surface area (TPSA) is 43.4 Å². The van der Waals surface area contributed by atoms with Gasteiger partial charge >= 0.3 is 0 Å². The smallest absolute Gasteiger partial charge is 0.213 e. The Morgan fingerprint density at radius 1 is 1.30 bits per heavy atom. The molecule has 20 heavy (non-hydrogen) atoms. The molecule has 0 aliphatic heterocycles. The number of aromatic nitrogens is 1. The highest BCUT2D eigenvalue weighted by Gasteiger charge is 2.20. The predicted octanol–water partition coefficient (Wildman–Crippen LogP) is 2.87. The van der Waals surface area contributed by atoms with Gasteiger partial charge in [-0.25, -0.2) is 4.98 Å². The Hall–Kier alpha value is -1.13. The van der Waals surface area contributed by atoms with Crippen LogP contribution in [-0.2, 0) is 11.3 Å². The van der Waals surface area contributed by atoms with E-state index in [2.05, 4.69) is 30.2 Å². The molecule has 1 saturated carbocycles. The van der Waals surface area contributed by atoms with E-state index in [-0.39, 0.29) is 0 Å². The van der Waals surface area contributed by atoms with Crippen molar-refractivity contribution < 1.29 is 9.47 Å². The van der Waals surface area contributed by atoms with Crippen molar-refractivity contribution in [1.29, 1.82) is 0 Å². The molecule has 1 aliphatic rings. The van der Waals surface area contributed by atoms with Crippen molar-refractivity contribution in [3.63, 3.8) is 0 Å². The van der Waals surface area contributed by atoms with E-state index in [1.807, 2.05) is 6.07 Å². The molecule has 2 rings (SSSR count). The highest BCUT2D eigenvalue weighted by Crippen LogP contribution is 2.22. The van der Waals surface area contributed by atoms with Crippen LogP contribution >= 0.6 is 0 Å². The summed E-state index contributed by atoms with van der Waals surface area (Å²) in [5.74, 6) is 1.15. The van der Waals surface area contributed by atoms with Crippen molar-refractivity contribution in [1.82, 2.24) is 10.3 Å². The average molecular weight is 278 g/mol. The molecule has 0 radical (unpaired) electrons. The SMILES string of the molecule is COCCCOc1cc(CNC2CC2)cc(C(C)C)n1. The van der Waals surface area contributed by atoms with Gasteiger partial charge in [-0.3, -0.25) is 0 Å². The third kappa shape index (κ3) is 5.10. The zero-order chi connectivity index (χ0) is 14.4. The van der Waals surface area contributed by atoms with Gasteiger partial charge in [-0.15, -0.1) is 0 Å². The van der Waals surface area contributed by atoms with Gasteiger partial charge in [0.05, 0.1) is 6.61 Å². The lowest BCUT2D eigenvalue weighted by atomic mass is 10.1. The van der Waals surface area contributed by atoms with Gasteiger partial charge in [0.25, 0.3) is 0 Å². The molecule has 0 atom stereocenters. The summed E-state index contributed by atoms with van der Waals surface area (Å²) in [5, 5.41) is 3.54. The molecular formula is C16H26N2O2. The van der Waals surface area contributed by atoms with Gasteiger partial charge in [-0.1, -0.05) is 13.8 Å².